The Balaban J connectivity index is 1.60. The summed E-state index contributed by atoms with van der Waals surface area (Å²) in [5.41, 5.74) is 6.90. The molecule has 1 saturated carbocycles. The Morgan fingerprint density at radius 3 is 2.29 bits per heavy atom. The van der Waals surface area contributed by atoms with E-state index in [1.54, 1.807) is 0 Å². The van der Waals surface area contributed by atoms with Crippen molar-refractivity contribution in [1.29, 1.82) is 0 Å². The molecule has 3 aromatic rings. The first-order valence-corrected chi connectivity index (χ1v) is 12.0. The van der Waals surface area contributed by atoms with Gasteiger partial charge in [-0.25, -0.2) is 9.97 Å². The number of rotatable bonds is 3. The van der Waals surface area contributed by atoms with Gasteiger partial charge in [-0.1, -0.05) is 61.8 Å². The van der Waals surface area contributed by atoms with Gasteiger partial charge >= 0.3 is 0 Å². The molecule has 2 aromatic carbocycles. The number of fused-ring (bicyclic) bond motifs is 8. The topological polar surface area (TPSA) is 32.3 Å². The van der Waals surface area contributed by atoms with Crippen LogP contribution in [0.2, 0.25) is 0 Å². The fourth-order valence-corrected chi connectivity index (χ4v) is 6.58. The van der Waals surface area contributed by atoms with Crippen molar-refractivity contribution in [2.45, 2.75) is 58.5 Å². The number of anilines is 4. The van der Waals surface area contributed by atoms with E-state index in [4.69, 9.17) is 9.97 Å². The molecule has 5 heteroatoms. The molecule has 31 heavy (non-hydrogen) atoms. The smallest absolute Gasteiger partial charge is 0.178 e. The Labute approximate surface area is 192 Å². The molecule has 6 rings (SSSR count). The van der Waals surface area contributed by atoms with Gasteiger partial charge in [0.25, 0.3) is 0 Å². The number of hydrogen-bond acceptors (Lipinski definition) is 4. The van der Waals surface area contributed by atoms with Crippen molar-refractivity contribution >= 4 is 38.9 Å². The number of nitrogens with zero attached hydrogens (tertiary/aromatic N) is 4. The molecule has 0 spiro atoms. The van der Waals surface area contributed by atoms with Crippen LogP contribution in [-0.4, -0.2) is 16.1 Å². The van der Waals surface area contributed by atoms with Crippen LogP contribution >= 0.6 is 15.9 Å². The number of aromatic nitrogens is 2. The zero-order valence-electron chi connectivity index (χ0n) is 18.5. The number of aryl methyl sites for hydroxylation is 2. The van der Waals surface area contributed by atoms with Crippen LogP contribution in [-0.2, 0) is 18.3 Å². The summed E-state index contributed by atoms with van der Waals surface area (Å²) in [4.78, 5) is 14.5. The molecule has 2 aliphatic heterocycles. The van der Waals surface area contributed by atoms with E-state index >= 15 is 0 Å². The minimum Gasteiger partial charge on any atom is -0.301 e. The minimum absolute atomic E-state index is 0.116. The summed E-state index contributed by atoms with van der Waals surface area (Å²) in [6.45, 7) is 9.31. The van der Waals surface area contributed by atoms with E-state index in [-0.39, 0.29) is 17.0 Å². The van der Waals surface area contributed by atoms with E-state index in [0.29, 0.717) is 0 Å². The fourth-order valence-electron chi connectivity index (χ4n) is 5.97. The van der Waals surface area contributed by atoms with Crippen LogP contribution in [0.1, 0.15) is 50.8 Å². The summed E-state index contributed by atoms with van der Waals surface area (Å²) in [7, 11) is 0. The molecule has 0 saturated heterocycles. The summed E-state index contributed by atoms with van der Waals surface area (Å²) >= 11 is 3.84. The summed E-state index contributed by atoms with van der Waals surface area (Å²) < 4.78 is 1.18. The van der Waals surface area contributed by atoms with E-state index in [1.807, 2.05) is 12.4 Å². The lowest BCUT2D eigenvalue weighted by Gasteiger charge is -2.44. The molecule has 3 unspecified atom stereocenters. The maximum Gasteiger partial charge on any atom is 0.178 e. The molecular formula is C26H27BrN4. The standard InChI is InChI=1S/C26H27BrN4/c1-5-16-7-9-18(10-8-16)30-22-23(29-12-11-28-22)31-21-14-20(27)17(6-2)13-19(21)25(3)15-26(25,4)24(30)31/h7-14,24H,5-6,15H2,1-4H3. The first-order chi connectivity index (χ1) is 14.9. The van der Waals surface area contributed by atoms with Gasteiger partial charge in [0, 0.05) is 39.1 Å². The van der Waals surface area contributed by atoms with E-state index in [9.17, 15) is 0 Å². The highest BCUT2D eigenvalue weighted by molar-refractivity contribution is 9.10. The van der Waals surface area contributed by atoms with Crippen LogP contribution in [0.25, 0.3) is 0 Å². The van der Waals surface area contributed by atoms with Gasteiger partial charge in [-0.15, -0.1) is 0 Å². The normalized spacial score (nSPS) is 27.5. The van der Waals surface area contributed by atoms with Crippen molar-refractivity contribution < 1.29 is 0 Å². The van der Waals surface area contributed by atoms with Gasteiger partial charge in [0.1, 0.15) is 6.17 Å². The molecule has 3 aliphatic rings. The largest absolute Gasteiger partial charge is 0.301 e. The second kappa shape index (κ2) is 6.32. The zero-order chi connectivity index (χ0) is 21.5. The van der Waals surface area contributed by atoms with Gasteiger partial charge in [0.2, 0.25) is 0 Å². The third-order valence-corrected chi connectivity index (χ3v) is 8.79. The summed E-state index contributed by atoms with van der Waals surface area (Å²) in [6, 6.07) is 13.7. The zero-order valence-corrected chi connectivity index (χ0v) is 20.1. The van der Waals surface area contributed by atoms with Crippen LogP contribution in [0.4, 0.5) is 23.0 Å². The highest BCUT2D eigenvalue weighted by atomic mass is 79.9. The van der Waals surface area contributed by atoms with E-state index in [1.165, 1.54) is 32.5 Å². The second-order valence-electron chi connectivity index (χ2n) is 9.58. The van der Waals surface area contributed by atoms with Gasteiger partial charge in [-0.2, -0.15) is 0 Å². The average molecular weight is 475 g/mol. The van der Waals surface area contributed by atoms with Gasteiger partial charge in [0.15, 0.2) is 11.6 Å². The molecule has 1 aliphatic carbocycles. The van der Waals surface area contributed by atoms with Crippen molar-refractivity contribution in [2.24, 2.45) is 5.41 Å². The lowest BCUT2D eigenvalue weighted by Crippen LogP contribution is -2.50. The average Bonchev–Trinajstić information content (AvgIpc) is 3.21. The van der Waals surface area contributed by atoms with Crippen LogP contribution < -0.4 is 9.80 Å². The summed E-state index contributed by atoms with van der Waals surface area (Å²) in [5, 5.41) is 0. The lowest BCUT2D eigenvalue weighted by atomic mass is 9.80. The molecule has 0 radical (unpaired) electrons. The van der Waals surface area contributed by atoms with E-state index < -0.39 is 0 Å². The molecule has 158 valence electrons. The first-order valence-electron chi connectivity index (χ1n) is 11.2. The van der Waals surface area contributed by atoms with E-state index in [2.05, 4.69) is 89.8 Å². The number of benzene rings is 2. The monoisotopic (exact) mass is 474 g/mol. The molecule has 3 heterocycles. The highest BCUT2D eigenvalue weighted by Gasteiger charge is 2.73. The molecule has 0 N–H and O–H groups in total. The SMILES string of the molecule is CCc1ccc(N2c3nccnc3N3c4cc(Br)c(CC)cc4C4(C)CC4(C)C23)cc1. The van der Waals surface area contributed by atoms with E-state index in [0.717, 1.165) is 30.9 Å². The van der Waals surface area contributed by atoms with Crippen molar-refractivity contribution in [3.63, 3.8) is 0 Å². The maximum atomic E-state index is 4.84. The number of halogens is 1. The Hall–Kier alpha value is -2.40. The molecule has 4 nitrogen and oxygen atoms in total. The Morgan fingerprint density at radius 1 is 0.968 bits per heavy atom. The van der Waals surface area contributed by atoms with Crippen molar-refractivity contribution in [3.05, 3.63) is 70.0 Å². The van der Waals surface area contributed by atoms with Gasteiger partial charge in [-0.3, -0.25) is 0 Å². The molecular weight excluding hydrogens is 448 g/mol. The van der Waals surface area contributed by atoms with Crippen LogP contribution in [0.5, 0.6) is 0 Å². The molecule has 1 fully saturated rings. The highest BCUT2D eigenvalue weighted by Crippen LogP contribution is 2.75. The Morgan fingerprint density at radius 2 is 1.65 bits per heavy atom. The Kier molecular flexibility index (Phi) is 3.93. The number of hydrogen-bond donors (Lipinski definition) is 0. The van der Waals surface area contributed by atoms with Crippen LogP contribution in [0.3, 0.4) is 0 Å². The summed E-state index contributed by atoms with van der Waals surface area (Å²) in [6.07, 6.45) is 7.03. The fraction of sp³-hybridized carbons (Fsp3) is 0.385. The van der Waals surface area contributed by atoms with Crippen molar-refractivity contribution in [2.75, 3.05) is 9.80 Å². The second-order valence-corrected chi connectivity index (χ2v) is 10.4. The lowest BCUT2D eigenvalue weighted by molar-refractivity contribution is 0.371. The van der Waals surface area contributed by atoms with Gasteiger partial charge in [0.05, 0.1) is 0 Å². The van der Waals surface area contributed by atoms with Crippen LogP contribution in [0, 0.1) is 5.41 Å². The third kappa shape index (κ3) is 2.36. The van der Waals surface area contributed by atoms with Gasteiger partial charge < -0.3 is 9.80 Å². The molecule has 0 bridgehead atoms. The predicted octanol–water partition coefficient (Wildman–Crippen LogP) is 6.66. The van der Waals surface area contributed by atoms with Crippen molar-refractivity contribution in [3.8, 4) is 0 Å². The maximum absolute atomic E-state index is 4.84. The summed E-state index contributed by atoms with van der Waals surface area (Å²) in [5.74, 6) is 1.91. The van der Waals surface area contributed by atoms with Crippen molar-refractivity contribution in [1.82, 2.24) is 9.97 Å². The molecule has 1 aromatic heterocycles. The molecule has 0 amide bonds. The quantitative estimate of drug-likeness (QED) is 0.424. The van der Waals surface area contributed by atoms with Gasteiger partial charge in [-0.05, 0) is 54.2 Å². The first kappa shape index (κ1) is 19.3. The Bertz CT molecular complexity index is 1210. The third-order valence-electron chi connectivity index (χ3n) is 8.05. The minimum atomic E-state index is 0.116. The predicted molar refractivity (Wildman–Crippen MR) is 130 cm³/mol. The molecule has 3 atom stereocenters. The van der Waals surface area contributed by atoms with Crippen LogP contribution in [0.15, 0.2) is 53.3 Å².